The number of phenolic OH excluding ortho intramolecular Hbond substituents is 1. The third-order valence-electron chi connectivity index (χ3n) is 9.22. The number of hydrogen-bond acceptors (Lipinski definition) is 11. The molecule has 5 amide bonds. The Balaban J connectivity index is 1.27. The van der Waals surface area contributed by atoms with Crippen molar-refractivity contribution in [3.05, 3.63) is 59.7 Å². The molecule has 0 spiro atoms. The number of benzene rings is 2. The number of phenols is 1. The standard InChI is InChI=1S/C35H45N7O9/c1-20(13-26(44)17-38-34(50)22-6-8-24(40-37)9-7-22)33(49)39-18-31(47)42-19-27(45)16-29(42)35(51)41-12-2-3-28(41)30(46)15-23(32(36)48)14-21-4-10-25(43)11-5-21/h4-11,20,23,27-29,40,43,45H,2-3,12-19,37H2,1H3,(H2,36,48)(H,38,50)(H,39,49)/t20?,23?,27-,28?,29?/m0/s1. The first-order valence-electron chi connectivity index (χ1n) is 16.8. The second-order valence-corrected chi connectivity index (χ2v) is 13.0. The van der Waals surface area contributed by atoms with Gasteiger partial charge in [-0.15, -0.1) is 0 Å². The number of rotatable bonds is 16. The lowest BCUT2D eigenvalue weighted by Crippen LogP contribution is -2.53. The zero-order valence-corrected chi connectivity index (χ0v) is 28.4. The second-order valence-electron chi connectivity index (χ2n) is 13.0. The van der Waals surface area contributed by atoms with Crippen molar-refractivity contribution in [2.75, 3.05) is 31.6 Å². The van der Waals surface area contributed by atoms with Crippen molar-refractivity contribution in [1.82, 2.24) is 20.4 Å². The van der Waals surface area contributed by atoms with Gasteiger partial charge in [-0.1, -0.05) is 19.1 Å². The fraction of sp³-hybridized carbons (Fsp3) is 0.457. The van der Waals surface area contributed by atoms with Crippen LogP contribution in [0.5, 0.6) is 5.75 Å². The van der Waals surface area contributed by atoms with Gasteiger partial charge in [0.05, 0.1) is 25.2 Å². The molecule has 16 heteroatoms. The molecule has 2 heterocycles. The van der Waals surface area contributed by atoms with Crippen LogP contribution >= 0.6 is 0 Å². The fourth-order valence-electron chi connectivity index (χ4n) is 6.39. The molecular weight excluding hydrogens is 662 g/mol. The molecule has 4 unspecified atom stereocenters. The number of aliphatic hydroxyl groups excluding tert-OH is 1. The summed E-state index contributed by atoms with van der Waals surface area (Å²) in [5.41, 5.74) is 9.68. The number of hydrogen-bond donors (Lipinski definition) is 7. The van der Waals surface area contributed by atoms with Gasteiger partial charge >= 0.3 is 0 Å². The topological polar surface area (TPSA) is 255 Å². The lowest BCUT2D eigenvalue weighted by Gasteiger charge is -2.31. The summed E-state index contributed by atoms with van der Waals surface area (Å²) in [7, 11) is 0. The van der Waals surface area contributed by atoms with Crippen molar-refractivity contribution in [3.63, 3.8) is 0 Å². The lowest BCUT2D eigenvalue weighted by molar-refractivity contribution is -0.146. The van der Waals surface area contributed by atoms with Crippen molar-refractivity contribution in [2.24, 2.45) is 23.4 Å². The Hall–Kier alpha value is -5.35. The maximum absolute atomic E-state index is 13.8. The number of Topliss-reactive ketones (excluding diaryl/α,β-unsaturated/α-hetero) is 2. The van der Waals surface area contributed by atoms with Gasteiger partial charge < -0.3 is 41.8 Å². The number of primary amides is 1. The first kappa shape index (κ1) is 38.5. The molecule has 2 aliphatic rings. The Labute approximate surface area is 294 Å². The lowest BCUT2D eigenvalue weighted by atomic mass is 9.91. The Kier molecular flexibility index (Phi) is 13.2. The van der Waals surface area contributed by atoms with Crippen LogP contribution in [0.4, 0.5) is 5.69 Å². The van der Waals surface area contributed by atoms with Crippen molar-refractivity contribution in [3.8, 4) is 5.75 Å². The highest BCUT2D eigenvalue weighted by Gasteiger charge is 2.44. The molecule has 9 N–H and O–H groups in total. The van der Waals surface area contributed by atoms with Crippen LogP contribution in [0.15, 0.2) is 48.5 Å². The van der Waals surface area contributed by atoms with Crippen molar-refractivity contribution in [2.45, 2.75) is 63.6 Å². The van der Waals surface area contributed by atoms with Crippen LogP contribution in [0.2, 0.25) is 0 Å². The number of carbonyl (C=O) groups excluding carboxylic acids is 7. The average molecular weight is 708 g/mol. The number of amides is 5. The van der Waals surface area contributed by atoms with Crippen LogP contribution in [-0.4, -0.2) is 105 Å². The molecule has 5 atom stereocenters. The van der Waals surface area contributed by atoms with E-state index in [0.717, 1.165) is 0 Å². The highest BCUT2D eigenvalue weighted by atomic mass is 16.3. The van der Waals surface area contributed by atoms with E-state index >= 15 is 0 Å². The number of ketones is 2. The minimum Gasteiger partial charge on any atom is -0.508 e. The van der Waals surface area contributed by atoms with Crippen molar-refractivity contribution < 1.29 is 43.8 Å². The predicted octanol–water partition coefficient (Wildman–Crippen LogP) is -0.625. The zero-order valence-electron chi connectivity index (χ0n) is 28.4. The minimum absolute atomic E-state index is 0.0502. The Morgan fingerprint density at radius 1 is 0.902 bits per heavy atom. The summed E-state index contributed by atoms with van der Waals surface area (Å²) in [6, 6.07) is 10.6. The van der Waals surface area contributed by atoms with Gasteiger partial charge in [-0.2, -0.15) is 0 Å². The SMILES string of the molecule is CC(CC(=O)CNC(=O)c1ccc(NN)cc1)C(=O)NCC(=O)N1C[C@@H](O)CC1C(=O)N1CCCC1C(=O)CC(Cc1ccc(O)cc1)C(N)=O. The number of carbonyl (C=O) groups is 7. The monoisotopic (exact) mass is 707 g/mol. The summed E-state index contributed by atoms with van der Waals surface area (Å²) in [6.07, 6.45) is -0.365. The van der Waals surface area contributed by atoms with E-state index in [0.29, 0.717) is 29.7 Å². The molecule has 4 rings (SSSR count). The van der Waals surface area contributed by atoms with Gasteiger partial charge in [-0.3, -0.25) is 39.4 Å². The van der Waals surface area contributed by atoms with Crippen LogP contribution in [0.3, 0.4) is 0 Å². The summed E-state index contributed by atoms with van der Waals surface area (Å²) in [4.78, 5) is 92.7. The molecular formula is C35H45N7O9. The number of likely N-dealkylation sites (tertiary alicyclic amines) is 2. The average Bonchev–Trinajstić information content (AvgIpc) is 3.77. The van der Waals surface area contributed by atoms with Crippen LogP contribution in [0.25, 0.3) is 0 Å². The molecule has 0 bridgehead atoms. The molecule has 0 aliphatic carbocycles. The second kappa shape index (κ2) is 17.5. The molecule has 2 aliphatic heterocycles. The molecule has 274 valence electrons. The van der Waals surface area contributed by atoms with Crippen LogP contribution in [0.1, 0.15) is 54.9 Å². The number of hydrazine groups is 1. The van der Waals surface area contributed by atoms with Gasteiger partial charge in [0.2, 0.25) is 23.6 Å². The molecule has 0 aromatic heterocycles. The molecule has 2 saturated heterocycles. The summed E-state index contributed by atoms with van der Waals surface area (Å²) >= 11 is 0. The minimum atomic E-state index is -1.06. The van der Waals surface area contributed by atoms with E-state index < -0.39 is 71.9 Å². The highest BCUT2D eigenvalue weighted by Crippen LogP contribution is 2.27. The summed E-state index contributed by atoms with van der Waals surface area (Å²) in [5.74, 6) is 0.118. The maximum atomic E-state index is 13.8. The van der Waals surface area contributed by atoms with E-state index in [1.165, 1.54) is 41.0 Å². The van der Waals surface area contributed by atoms with Gasteiger partial charge in [-0.25, -0.2) is 0 Å². The summed E-state index contributed by atoms with van der Waals surface area (Å²) in [5, 5.41) is 24.9. The van der Waals surface area contributed by atoms with Crippen LogP contribution < -0.4 is 27.6 Å². The van der Waals surface area contributed by atoms with Gasteiger partial charge in [0.15, 0.2) is 11.6 Å². The normalized spacial score (nSPS) is 19.5. The molecule has 2 aromatic carbocycles. The predicted molar refractivity (Wildman–Crippen MR) is 183 cm³/mol. The number of aromatic hydroxyl groups is 1. The van der Waals surface area contributed by atoms with E-state index in [1.807, 2.05) is 0 Å². The van der Waals surface area contributed by atoms with E-state index in [4.69, 9.17) is 11.6 Å². The van der Waals surface area contributed by atoms with Crippen molar-refractivity contribution >= 4 is 46.8 Å². The molecule has 16 nitrogen and oxygen atoms in total. The summed E-state index contributed by atoms with van der Waals surface area (Å²) < 4.78 is 0. The van der Waals surface area contributed by atoms with Crippen molar-refractivity contribution in [1.29, 1.82) is 0 Å². The van der Waals surface area contributed by atoms with E-state index in [9.17, 15) is 43.8 Å². The largest absolute Gasteiger partial charge is 0.508 e. The number of nitrogens with zero attached hydrogens (tertiary/aromatic N) is 2. The molecule has 2 fully saturated rings. The fourth-order valence-corrected chi connectivity index (χ4v) is 6.39. The molecule has 51 heavy (non-hydrogen) atoms. The molecule has 0 radical (unpaired) electrons. The van der Waals surface area contributed by atoms with Crippen LogP contribution in [0, 0.1) is 11.8 Å². The maximum Gasteiger partial charge on any atom is 0.251 e. The number of aliphatic hydroxyl groups is 1. The third kappa shape index (κ3) is 10.3. The van der Waals surface area contributed by atoms with Gasteiger partial charge in [0.25, 0.3) is 5.91 Å². The Bertz CT molecular complexity index is 1620. The van der Waals surface area contributed by atoms with E-state index in [1.54, 1.807) is 24.3 Å². The smallest absolute Gasteiger partial charge is 0.251 e. The molecule has 0 saturated carbocycles. The van der Waals surface area contributed by atoms with Crippen LogP contribution in [-0.2, 0) is 35.2 Å². The third-order valence-corrected chi connectivity index (χ3v) is 9.22. The van der Waals surface area contributed by atoms with Gasteiger partial charge in [-0.05, 0) is 61.2 Å². The summed E-state index contributed by atoms with van der Waals surface area (Å²) in [6.45, 7) is 0.820. The number of anilines is 1. The van der Waals surface area contributed by atoms with Gasteiger partial charge in [0, 0.05) is 55.4 Å². The number of nitrogens with one attached hydrogen (secondary N) is 3. The zero-order chi connectivity index (χ0) is 37.2. The number of nitrogen functional groups attached to an aromatic ring is 1. The van der Waals surface area contributed by atoms with Gasteiger partial charge in [0.1, 0.15) is 11.8 Å². The Morgan fingerprint density at radius 3 is 2.24 bits per heavy atom. The Morgan fingerprint density at radius 2 is 1.59 bits per heavy atom. The van der Waals surface area contributed by atoms with E-state index in [-0.39, 0.29) is 56.9 Å². The number of nitrogens with two attached hydrogens (primary N) is 2. The number of β-amino-alcohol motifs (C(OH)–C–C–N with tert-alkyl or cyclic N) is 1. The quantitative estimate of drug-likeness (QED) is 0.0855. The first-order valence-corrected chi connectivity index (χ1v) is 16.8. The highest BCUT2D eigenvalue weighted by molar-refractivity contribution is 5.98. The van der Waals surface area contributed by atoms with E-state index in [2.05, 4.69) is 16.1 Å². The molecule has 2 aromatic rings. The first-order chi connectivity index (χ1) is 24.3.